The van der Waals surface area contributed by atoms with E-state index < -0.39 is 24.5 Å². The summed E-state index contributed by atoms with van der Waals surface area (Å²) in [6.07, 6.45) is -1.62. The van der Waals surface area contributed by atoms with Gasteiger partial charge >= 0.3 is 5.97 Å². The first-order chi connectivity index (χ1) is 23.9. The number of carboxylic acid groups (broad SMARTS) is 1. The number of ether oxygens (including phenoxy) is 2. The van der Waals surface area contributed by atoms with Gasteiger partial charge in [0.1, 0.15) is 24.7 Å². The van der Waals surface area contributed by atoms with E-state index in [0.717, 1.165) is 27.8 Å². The summed E-state index contributed by atoms with van der Waals surface area (Å²) in [5.74, 6) is -0.424. The van der Waals surface area contributed by atoms with E-state index in [4.69, 9.17) is 37.8 Å². The molecule has 0 spiro atoms. The molecule has 12 heteroatoms. The summed E-state index contributed by atoms with van der Waals surface area (Å²) in [5, 5.41) is 23.9. The van der Waals surface area contributed by atoms with E-state index in [-0.39, 0.29) is 30.8 Å². The summed E-state index contributed by atoms with van der Waals surface area (Å²) < 4.78 is 11.8. The molecule has 3 aromatic rings. The van der Waals surface area contributed by atoms with E-state index in [9.17, 15) is 19.5 Å². The third-order valence-corrected chi connectivity index (χ3v) is 9.82. The normalized spacial score (nSPS) is 17.7. The van der Waals surface area contributed by atoms with E-state index in [1.165, 1.54) is 0 Å². The fourth-order valence-electron chi connectivity index (χ4n) is 6.43. The molecule has 2 aliphatic rings. The highest BCUT2D eigenvalue weighted by atomic mass is 35.5. The number of carboxylic acids is 1. The highest BCUT2D eigenvalue weighted by Gasteiger charge is 2.41. The maximum Gasteiger partial charge on any atom is 0.305 e. The Labute approximate surface area is 302 Å². The molecule has 0 aliphatic carbocycles. The second-order valence-electron chi connectivity index (χ2n) is 12.8. The lowest BCUT2D eigenvalue weighted by Crippen LogP contribution is -2.62. The van der Waals surface area contributed by atoms with Crippen molar-refractivity contribution in [2.75, 3.05) is 32.8 Å². The van der Waals surface area contributed by atoms with Gasteiger partial charge in [0.15, 0.2) is 0 Å². The van der Waals surface area contributed by atoms with Crippen molar-refractivity contribution in [3.05, 3.63) is 98.5 Å². The number of piperazine rings is 1. The average molecular weight is 725 g/mol. The molecule has 3 atom stereocenters. The Hall–Kier alpha value is -4.09. The Kier molecular flexibility index (Phi) is 12.4. The number of nitrogens with zero attached hydrogens (tertiary/aromatic N) is 2. The van der Waals surface area contributed by atoms with Crippen molar-refractivity contribution in [3.8, 4) is 11.5 Å². The summed E-state index contributed by atoms with van der Waals surface area (Å²) in [4.78, 5) is 42.1. The molecule has 2 aliphatic heterocycles. The Morgan fingerprint density at radius 2 is 1.66 bits per heavy atom. The van der Waals surface area contributed by atoms with Crippen LogP contribution in [0.1, 0.15) is 48.4 Å². The van der Waals surface area contributed by atoms with Crippen molar-refractivity contribution in [3.63, 3.8) is 0 Å². The number of hydrogen-bond donors (Lipinski definition) is 3. The van der Waals surface area contributed by atoms with Crippen LogP contribution in [-0.4, -0.2) is 88.8 Å². The molecule has 2 amide bonds. The molecule has 2 bridgehead atoms. The summed E-state index contributed by atoms with van der Waals surface area (Å²) in [6, 6.07) is 18.2. The molecule has 0 saturated carbocycles. The van der Waals surface area contributed by atoms with Crippen LogP contribution in [0.2, 0.25) is 10.0 Å². The number of rotatable bonds is 14. The summed E-state index contributed by atoms with van der Waals surface area (Å²) in [5.41, 5.74) is 5.34. The number of likely N-dealkylation sites (N-methyl/N-ethyl adjacent to an activating group) is 1. The van der Waals surface area contributed by atoms with Gasteiger partial charge in [-0.15, -0.1) is 0 Å². The molecule has 3 N–H and O–H groups in total. The number of aryl methyl sites for hydroxylation is 2. The van der Waals surface area contributed by atoms with E-state index in [1.54, 1.807) is 15.9 Å². The molecule has 0 radical (unpaired) electrons. The fraction of sp³-hybridized carbons (Fsp3) is 0.395. The highest BCUT2D eigenvalue weighted by Crippen LogP contribution is 2.36. The van der Waals surface area contributed by atoms with Crippen LogP contribution in [0, 0.1) is 13.8 Å². The monoisotopic (exact) mass is 723 g/mol. The molecule has 1 saturated heterocycles. The van der Waals surface area contributed by atoms with Gasteiger partial charge in [0.25, 0.3) is 5.91 Å². The minimum atomic E-state index is -1.29. The molecule has 2 heterocycles. The van der Waals surface area contributed by atoms with Crippen LogP contribution in [-0.2, 0) is 20.9 Å². The number of aliphatic carboxylic acids is 1. The zero-order valence-corrected chi connectivity index (χ0v) is 30.0. The number of aliphatic hydroxyl groups excluding tert-OH is 1. The number of carbonyl (C=O) groups is 3. The fourth-order valence-corrected chi connectivity index (χ4v) is 6.90. The van der Waals surface area contributed by atoms with Crippen LogP contribution in [0.15, 0.2) is 66.2 Å². The molecule has 5 rings (SSSR count). The lowest BCUT2D eigenvalue weighted by atomic mass is 9.82. The van der Waals surface area contributed by atoms with Gasteiger partial charge in [-0.05, 0) is 85.4 Å². The number of aliphatic hydroxyl groups is 1. The number of carbonyl (C=O) groups excluding carboxylic acids is 2. The third-order valence-electron chi connectivity index (χ3n) is 9.16. The summed E-state index contributed by atoms with van der Waals surface area (Å²) in [7, 11) is 0. The number of nitrogens with one attached hydrogen (secondary N) is 1. The Balaban J connectivity index is 1.36. The van der Waals surface area contributed by atoms with E-state index in [2.05, 4.69) is 5.32 Å². The molecule has 1 fully saturated rings. The number of amides is 2. The van der Waals surface area contributed by atoms with Gasteiger partial charge in [-0.3, -0.25) is 14.4 Å². The van der Waals surface area contributed by atoms with Gasteiger partial charge in [-0.1, -0.05) is 53.5 Å². The number of benzene rings is 3. The van der Waals surface area contributed by atoms with Crippen LogP contribution in [0.4, 0.5) is 0 Å². The van der Waals surface area contributed by atoms with Crippen molar-refractivity contribution in [1.82, 2.24) is 15.1 Å². The lowest BCUT2D eigenvalue weighted by Gasteiger charge is -2.45. The highest BCUT2D eigenvalue weighted by molar-refractivity contribution is 6.32. The second-order valence-corrected chi connectivity index (χ2v) is 13.6. The van der Waals surface area contributed by atoms with Crippen molar-refractivity contribution >= 4 is 46.6 Å². The standard InChI is InChI=1S/C38H43Cl2N3O7/c1-4-42(20-26-7-5-6-8-31(26)39)38(48)37-30(17-27-21-43(22-33(37)41-27)35(45)18-28(44)19-36(46)47)25-9-11-29(12-10-25)49-13-14-50-34-16-24(3)23(2)15-32(34)40/h5-12,15-16,27-28,33,41,44H,4,13-14,17-22H2,1-3H3,(H,46,47)/t27-,28+,33-/m1/s1. The predicted molar refractivity (Wildman–Crippen MR) is 193 cm³/mol. The Morgan fingerprint density at radius 1 is 0.960 bits per heavy atom. The largest absolute Gasteiger partial charge is 0.490 e. The SMILES string of the molecule is CCN(Cc1ccccc1Cl)C(=O)C1=C(c2ccc(OCCOc3cc(C)c(C)cc3Cl)cc2)C[C@@H]2CN(C(=O)C[C@H](O)CC(=O)O)C[C@H]1N2. The van der Waals surface area contributed by atoms with E-state index >= 15 is 0 Å². The lowest BCUT2D eigenvalue weighted by molar-refractivity contribution is -0.141. The van der Waals surface area contributed by atoms with Gasteiger partial charge in [-0.25, -0.2) is 0 Å². The quantitative estimate of drug-likeness (QED) is 0.182. The van der Waals surface area contributed by atoms with Crippen molar-refractivity contribution < 1.29 is 34.1 Å². The molecule has 0 aromatic heterocycles. The van der Waals surface area contributed by atoms with Crippen molar-refractivity contribution in [1.29, 1.82) is 0 Å². The molecule has 3 aromatic carbocycles. The first kappa shape index (κ1) is 37.2. The molecule has 10 nitrogen and oxygen atoms in total. The third kappa shape index (κ3) is 9.17. The molecular weight excluding hydrogens is 681 g/mol. The zero-order chi connectivity index (χ0) is 35.9. The molecule has 50 heavy (non-hydrogen) atoms. The van der Waals surface area contributed by atoms with Crippen LogP contribution < -0.4 is 14.8 Å². The maximum absolute atomic E-state index is 14.5. The van der Waals surface area contributed by atoms with Gasteiger partial charge in [0.05, 0.1) is 30.0 Å². The van der Waals surface area contributed by atoms with Crippen molar-refractivity contribution in [2.45, 2.75) is 64.8 Å². The van der Waals surface area contributed by atoms with Crippen LogP contribution in [0.5, 0.6) is 11.5 Å². The molecular formula is C38H43Cl2N3O7. The van der Waals surface area contributed by atoms with Gasteiger partial charge < -0.3 is 34.8 Å². The minimum Gasteiger partial charge on any atom is -0.490 e. The minimum absolute atomic E-state index is 0.148. The molecule has 266 valence electrons. The number of hydrogen-bond acceptors (Lipinski definition) is 7. The summed E-state index contributed by atoms with van der Waals surface area (Å²) >= 11 is 12.8. The molecule has 0 unspecified atom stereocenters. The smallest absolute Gasteiger partial charge is 0.305 e. The first-order valence-corrected chi connectivity index (χ1v) is 17.5. The topological polar surface area (TPSA) is 129 Å². The average Bonchev–Trinajstić information content (AvgIpc) is 3.07. The van der Waals surface area contributed by atoms with Crippen LogP contribution in [0.25, 0.3) is 5.57 Å². The Morgan fingerprint density at radius 3 is 2.36 bits per heavy atom. The van der Waals surface area contributed by atoms with Gasteiger partial charge in [0.2, 0.25) is 5.91 Å². The van der Waals surface area contributed by atoms with Gasteiger partial charge in [0, 0.05) is 42.8 Å². The van der Waals surface area contributed by atoms with E-state index in [0.29, 0.717) is 66.4 Å². The predicted octanol–water partition coefficient (Wildman–Crippen LogP) is 5.67. The number of fused-ring (bicyclic) bond motifs is 2. The van der Waals surface area contributed by atoms with Crippen molar-refractivity contribution in [2.24, 2.45) is 0 Å². The van der Waals surface area contributed by atoms with Crippen LogP contribution in [0.3, 0.4) is 0 Å². The summed E-state index contributed by atoms with van der Waals surface area (Å²) in [6.45, 7) is 7.85. The zero-order valence-electron chi connectivity index (χ0n) is 28.5. The maximum atomic E-state index is 14.5. The number of halogens is 2. The van der Waals surface area contributed by atoms with Gasteiger partial charge in [-0.2, -0.15) is 0 Å². The Bertz CT molecular complexity index is 1750. The first-order valence-electron chi connectivity index (χ1n) is 16.8. The second kappa shape index (κ2) is 16.7. The van der Waals surface area contributed by atoms with Crippen LogP contribution >= 0.6 is 23.2 Å². The van der Waals surface area contributed by atoms with E-state index in [1.807, 2.05) is 75.4 Å².